The second-order valence-electron chi connectivity index (χ2n) is 6.21. The van der Waals surface area contributed by atoms with Crippen molar-refractivity contribution in [1.82, 2.24) is 4.90 Å². The van der Waals surface area contributed by atoms with Crippen LogP contribution >= 0.6 is 0 Å². The van der Waals surface area contributed by atoms with Crippen molar-refractivity contribution in [2.75, 3.05) is 37.7 Å². The molecule has 2 aromatic carbocycles. The summed E-state index contributed by atoms with van der Waals surface area (Å²) < 4.78 is 19.0. The quantitative estimate of drug-likeness (QED) is 0.791. The lowest BCUT2D eigenvalue weighted by molar-refractivity contribution is -0.134. The number of amides is 1. The van der Waals surface area contributed by atoms with Crippen molar-refractivity contribution in [2.24, 2.45) is 0 Å². The van der Waals surface area contributed by atoms with Crippen LogP contribution in [0.3, 0.4) is 0 Å². The monoisotopic (exact) mass is 356 g/mol. The standard InChI is InChI=1S/C20H21FN2O3/c1-15-6-2-3-7-16(15)20(25)26-14-19(24)23-12-10-22(11-13-23)18-9-5-4-8-17(18)21/h2-9H,10-14H2,1H3. The van der Waals surface area contributed by atoms with Gasteiger partial charge in [-0.05, 0) is 30.7 Å². The Labute approximate surface area is 152 Å². The molecule has 0 aromatic heterocycles. The van der Waals surface area contributed by atoms with Gasteiger partial charge in [-0.25, -0.2) is 9.18 Å². The van der Waals surface area contributed by atoms with Crippen molar-refractivity contribution >= 4 is 17.6 Å². The molecule has 0 unspecified atom stereocenters. The molecule has 0 bridgehead atoms. The number of benzene rings is 2. The molecule has 5 nitrogen and oxygen atoms in total. The fourth-order valence-electron chi connectivity index (χ4n) is 3.00. The molecule has 1 aliphatic heterocycles. The maximum atomic E-state index is 13.9. The van der Waals surface area contributed by atoms with Crippen LogP contribution < -0.4 is 4.90 Å². The number of para-hydroxylation sites is 1. The van der Waals surface area contributed by atoms with Crippen LogP contribution in [0.25, 0.3) is 0 Å². The Kier molecular flexibility index (Phi) is 5.51. The van der Waals surface area contributed by atoms with E-state index in [-0.39, 0.29) is 18.3 Å². The minimum absolute atomic E-state index is 0.236. The highest BCUT2D eigenvalue weighted by molar-refractivity contribution is 5.92. The first-order chi connectivity index (χ1) is 12.6. The van der Waals surface area contributed by atoms with Crippen molar-refractivity contribution in [2.45, 2.75) is 6.92 Å². The summed E-state index contributed by atoms with van der Waals surface area (Å²) >= 11 is 0. The molecule has 0 atom stereocenters. The lowest BCUT2D eigenvalue weighted by Crippen LogP contribution is -2.50. The zero-order chi connectivity index (χ0) is 18.5. The average molecular weight is 356 g/mol. The van der Waals surface area contributed by atoms with Crippen LogP contribution in [-0.2, 0) is 9.53 Å². The number of anilines is 1. The number of piperazine rings is 1. The van der Waals surface area contributed by atoms with E-state index in [1.54, 1.807) is 35.2 Å². The third kappa shape index (κ3) is 4.02. The smallest absolute Gasteiger partial charge is 0.338 e. The van der Waals surface area contributed by atoms with Crippen LogP contribution in [0.4, 0.5) is 10.1 Å². The molecule has 3 rings (SSSR count). The first kappa shape index (κ1) is 17.9. The number of carbonyl (C=O) groups is 2. The van der Waals surface area contributed by atoms with Crippen molar-refractivity contribution in [3.05, 3.63) is 65.5 Å². The number of aryl methyl sites for hydroxylation is 1. The summed E-state index contributed by atoms with van der Waals surface area (Å²) in [6, 6.07) is 13.7. The van der Waals surface area contributed by atoms with E-state index in [1.807, 2.05) is 24.0 Å². The third-order valence-corrected chi connectivity index (χ3v) is 4.52. The van der Waals surface area contributed by atoms with Gasteiger partial charge in [0.1, 0.15) is 5.82 Å². The van der Waals surface area contributed by atoms with E-state index in [2.05, 4.69) is 0 Å². The van der Waals surface area contributed by atoms with Gasteiger partial charge in [-0.2, -0.15) is 0 Å². The van der Waals surface area contributed by atoms with Crippen LogP contribution in [0.15, 0.2) is 48.5 Å². The normalized spacial score (nSPS) is 14.2. The van der Waals surface area contributed by atoms with Gasteiger partial charge in [0.25, 0.3) is 5.91 Å². The minimum Gasteiger partial charge on any atom is -0.452 e. The molecule has 1 saturated heterocycles. The van der Waals surface area contributed by atoms with Gasteiger partial charge in [0.2, 0.25) is 0 Å². The summed E-state index contributed by atoms with van der Waals surface area (Å²) in [7, 11) is 0. The molecular formula is C20H21FN2O3. The van der Waals surface area contributed by atoms with Crippen molar-refractivity contribution in [1.29, 1.82) is 0 Å². The maximum absolute atomic E-state index is 13.9. The summed E-state index contributed by atoms with van der Waals surface area (Å²) in [5, 5.41) is 0. The summed E-state index contributed by atoms with van der Waals surface area (Å²) in [4.78, 5) is 27.9. The number of halogens is 1. The molecule has 2 aromatic rings. The van der Waals surface area contributed by atoms with Gasteiger partial charge in [0.15, 0.2) is 6.61 Å². The summed E-state index contributed by atoms with van der Waals surface area (Å²) in [6.45, 7) is 3.55. The number of esters is 1. The van der Waals surface area contributed by atoms with Crippen LogP contribution in [0, 0.1) is 12.7 Å². The number of rotatable bonds is 4. The number of nitrogens with zero attached hydrogens (tertiary/aromatic N) is 2. The Morgan fingerprint density at radius 1 is 1.00 bits per heavy atom. The largest absolute Gasteiger partial charge is 0.452 e. The number of hydrogen-bond donors (Lipinski definition) is 0. The zero-order valence-corrected chi connectivity index (χ0v) is 14.7. The van der Waals surface area contributed by atoms with Gasteiger partial charge >= 0.3 is 5.97 Å². The fourth-order valence-corrected chi connectivity index (χ4v) is 3.00. The van der Waals surface area contributed by atoms with Crippen LogP contribution in [0.5, 0.6) is 0 Å². The molecular weight excluding hydrogens is 335 g/mol. The molecule has 1 fully saturated rings. The highest BCUT2D eigenvalue weighted by Crippen LogP contribution is 2.20. The fraction of sp³-hybridized carbons (Fsp3) is 0.300. The predicted molar refractivity (Wildman–Crippen MR) is 96.7 cm³/mol. The molecule has 6 heteroatoms. The van der Waals surface area contributed by atoms with Gasteiger partial charge in [-0.15, -0.1) is 0 Å². The highest BCUT2D eigenvalue weighted by Gasteiger charge is 2.23. The van der Waals surface area contributed by atoms with Crippen LogP contribution in [-0.4, -0.2) is 49.6 Å². The molecule has 0 saturated carbocycles. The van der Waals surface area contributed by atoms with E-state index >= 15 is 0 Å². The van der Waals surface area contributed by atoms with Crippen molar-refractivity contribution in [3.8, 4) is 0 Å². The van der Waals surface area contributed by atoms with Gasteiger partial charge in [-0.1, -0.05) is 30.3 Å². The Bertz CT molecular complexity index is 801. The second-order valence-corrected chi connectivity index (χ2v) is 6.21. The molecule has 136 valence electrons. The van der Waals surface area contributed by atoms with Gasteiger partial charge in [-0.3, -0.25) is 4.79 Å². The van der Waals surface area contributed by atoms with Crippen LogP contribution in [0.2, 0.25) is 0 Å². The summed E-state index contributed by atoms with van der Waals surface area (Å²) in [5.41, 5.74) is 1.82. The van der Waals surface area contributed by atoms with Crippen molar-refractivity contribution < 1.29 is 18.7 Å². The van der Waals surface area contributed by atoms with Gasteiger partial charge < -0.3 is 14.5 Å². The van der Waals surface area contributed by atoms with E-state index in [4.69, 9.17) is 4.74 Å². The SMILES string of the molecule is Cc1ccccc1C(=O)OCC(=O)N1CCN(c2ccccc2F)CC1. The number of carbonyl (C=O) groups excluding carboxylic acids is 2. The van der Waals surface area contributed by atoms with Gasteiger partial charge in [0.05, 0.1) is 11.3 Å². The Morgan fingerprint density at radius 3 is 2.35 bits per heavy atom. The van der Waals surface area contributed by atoms with E-state index in [0.717, 1.165) is 5.56 Å². The number of hydrogen-bond acceptors (Lipinski definition) is 4. The molecule has 26 heavy (non-hydrogen) atoms. The molecule has 1 aliphatic rings. The first-order valence-electron chi connectivity index (χ1n) is 8.56. The van der Waals surface area contributed by atoms with E-state index in [9.17, 15) is 14.0 Å². The lowest BCUT2D eigenvalue weighted by atomic mass is 10.1. The van der Waals surface area contributed by atoms with E-state index in [0.29, 0.717) is 37.4 Å². The predicted octanol–water partition coefficient (Wildman–Crippen LogP) is 2.64. The lowest BCUT2D eigenvalue weighted by Gasteiger charge is -2.36. The van der Waals surface area contributed by atoms with Crippen LogP contribution in [0.1, 0.15) is 15.9 Å². The first-order valence-corrected chi connectivity index (χ1v) is 8.56. The minimum atomic E-state index is -0.499. The Morgan fingerprint density at radius 2 is 1.65 bits per heavy atom. The van der Waals surface area contributed by atoms with Crippen molar-refractivity contribution in [3.63, 3.8) is 0 Å². The van der Waals surface area contributed by atoms with E-state index < -0.39 is 5.97 Å². The zero-order valence-electron chi connectivity index (χ0n) is 14.7. The molecule has 1 heterocycles. The molecule has 0 aliphatic carbocycles. The molecule has 0 spiro atoms. The van der Waals surface area contributed by atoms with E-state index in [1.165, 1.54) is 6.07 Å². The Balaban J connectivity index is 1.50. The molecule has 0 N–H and O–H groups in total. The third-order valence-electron chi connectivity index (χ3n) is 4.52. The summed E-state index contributed by atoms with van der Waals surface area (Å²) in [5.74, 6) is -0.999. The second kappa shape index (κ2) is 7.99. The number of ether oxygens (including phenoxy) is 1. The summed E-state index contributed by atoms with van der Waals surface area (Å²) in [6.07, 6.45) is 0. The van der Waals surface area contributed by atoms with Gasteiger partial charge in [0, 0.05) is 26.2 Å². The molecule has 1 amide bonds. The molecule has 0 radical (unpaired) electrons. The average Bonchev–Trinajstić information content (AvgIpc) is 2.67. The Hall–Kier alpha value is -2.89. The maximum Gasteiger partial charge on any atom is 0.338 e. The highest BCUT2D eigenvalue weighted by atomic mass is 19.1. The topological polar surface area (TPSA) is 49.9 Å².